The molecule has 0 radical (unpaired) electrons. The third-order valence-electron chi connectivity index (χ3n) is 3.26. The van der Waals surface area contributed by atoms with Gasteiger partial charge in [0.15, 0.2) is 11.5 Å². The van der Waals surface area contributed by atoms with Gasteiger partial charge in [-0.1, -0.05) is 15.9 Å². The molecule has 0 saturated heterocycles. The zero-order chi connectivity index (χ0) is 17.5. The van der Waals surface area contributed by atoms with Crippen molar-refractivity contribution < 1.29 is 19.0 Å². The largest absolute Gasteiger partial charge is 0.496 e. The minimum absolute atomic E-state index is 0.260. The third kappa shape index (κ3) is 4.52. The van der Waals surface area contributed by atoms with Crippen molar-refractivity contribution in [2.24, 2.45) is 0 Å². The molecular weight excluding hydrogens is 374 g/mol. The highest BCUT2D eigenvalue weighted by Crippen LogP contribution is 2.29. The first-order valence-electron chi connectivity index (χ1n) is 7.12. The van der Waals surface area contributed by atoms with Gasteiger partial charge in [0.2, 0.25) is 5.91 Å². The van der Waals surface area contributed by atoms with Gasteiger partial charge in [0.05, 0.1) is 21.3 Å². The van der Waals surface area contributed by atoms with Crippen molar-refractivity contribution in [2.45, 2.75) is 0 Å². The van der Waals surface area contributed by atoms with Crippen molar-refractivity contribution in [3.8, 4) is 17.2 Å². The Morgan fingerprint density at radius 1 is 0.958 bits per heavy atom. The van der Waals surface area contributed by atoms with E-state index in [0.29, 0.717) is 22.9 Å². The van der Waals surface area contributed by atoms with Crippen LogP contribution < -0.4 is 19.5 Å². The zero-order valence-corrected chi connectivity index (χ0v) is 15.2. The highest BCUT2D eigenvalue weighted by atomic mass is 79.9. The van der Waals surface area contributed by atoms with E-state index >= 15 is 0 Å². The van der Waals surface area contributed by atoms with Gasteiger partial charge in [-0.15, -0.1) is 0 Å². The Bertz CT molecular complexity index is 759. The molecule has 5 nitrogen and oxygen atoms in total. The molecule has 0 spiro atoms. The summed E-state index contributed by atoms with van der Waals surface area (Å²) >= 11 is 3.40. The molecule has 126 valence electrons. The van der Waals surface area contributed by atoms with Crippen LogP contribution >= 0.6 is 15.9 Å². The predicted octanol–water partition coefficient (Wildman–Crippen LogP) is 4.13. The summed E-state index contributed by atoms with van der Waals surface area (Å²) in [5, 5.41) is 2.78. The van der Waals surface area contributed by atoms with Crippen LogP contribution in [-0.4, -0.2) is 27.2 Å². The lowest BCUT2D eigenvalue weighted by Gasteiger charge is -2.09. The van der Waals surface area contributed by atoms with Crippen molar-refractivity contribution >= 4 is 33.6 Å². The number of hydrogen-bond donors (Lipinski definition) is 1. The molecule has 2 aromatic rings. The minimum Gasteiger partial charge on any atom is -0.496 e. The monoisotopic (exact) mass is 391 g/mol. The highest BCUT2D eigenvalue weighted by molar-refractivity contribution is 9.10. The van der Waals surface area contributed by atoms with Crippen molar-refractivity contribution in [1.29, 1.82) is 0 Å². The molecule has 2 aromatic carbocycles. The average Bonchev–Trinajstić information content (AvgIpc) is 2.60. The molecule has 6 heteroatoms. The second-order valence-corrected chi connectivity index (χ2v) is 5.69. The summed E-state index contributed by atoms with van der Waals surface area (Å²) < 4.78 is 16.6. The number of halogens is 1. The quantitative estimate of drug-likeness (QED) is 0.752. The van der Waals surface area contributed by atoms with Gasteiger partial charge in [0.25, 0.3) is 0 Å². The van der Waals surface area contributed by atoms with Crippen LogP contribution in [0.25, 0.3) is 6.08 Å². The maximum atomic E-state index is 12.1. The number of carbonyl (C=O) groups excluding carboxylic acids is 1. The van der Waals surface area contributed by atoms with Crippen molar-refractivity contribution in [2.75, 3.05) is 26.6 Å². The molecule has 0 aromatic heterocycles. The van der Waals surface area contributed by atoms with E-state index in [1.54, 1.807) is 45.6 Å². The lowest BCUT2D eigenvalue weighted by molar-refractivity contribution is -0.111. The Hall–Kier alpha value is -2.47. The summed E-state index contributed by atoms with van der Waals surface area (Å²) in [6.07, 6.45) is 3.14. The Kier molecular flexibility index (Phi) is 6.26. The van der Waals surface area contributed by atoms with Crippen LogP contribution in [-0.2, 0) is 4.79 Å². The summed E-state index contributed by atoms with van der Waals surface area (Å²) in [5.41, 5.74) is 1.41. The molecule has 0 atom stereocenters. The second-order valence-electron chi connectivity index (χ2n) is 4.78. The van der Waals surface area contributed by atoms with Crippen LogP contribution in [0.15, 0.2) is 46.9 Å². The number of anilines is 1. The summed E-state index contributed by atoms with van der Waals surface area (Å²) in [7, 11) is 4.69. The molecule has 24 heavy (non-hydrogen) atoms. The standard InChI is InChI=1S/C18H18BrNO4/c1-22-15-7-5-13(19)10-12(15)4-9-18(21)20-14-6-8-16(23-2)17(11-14)24-3/h4-11H,1-3H3,(H,20,21)/b9-4+. The lowest BCUT2D eigenvalue weighted by Crippen LogP contribution is -2.08. The van der Waals surface area contributed by atoms with Gasteiger partial charge < -0.3 is 19.5 Å². The van der Waals surface area contributed by atoms with E-state index in [-0.39, 0.29) is 5.91 Å². The maximum Gasteiger partial charge on any atom is 0.248 e. The van der Waals surface area contributed by atoms with Crippen LogP contribution in [0.4, 0.5) is 5.69 Å². The van der Waals surface area contributed by atoms with Gasteiger partial charge in [-0.3, -0.25) is 4.79 Å². The molecule has 0 saturated carbocycles. The molecular formula is C18H18BrNO4. The number of benzene rings is 2. The Morgan fingerprint density at radius 2 is 1.62 bits per heavy atom. The lowest BCUT2D eigenvalue weighted by atomic mass is 10.2. The van der Waals surface area contributed by atoms with Crippen molar-refractivity contribution in [1.82, 2.24) is 0 Å². The highest BCUT2D eigenvalue weighted by Gasteiger charge is 2.06. The molecule has 1 amide bonds. The Labute approximate surface area is 149 Å². The van der Waals surface area contributed by atoms with Crippen molar-refractivity contribution in [3.05, 3.63) is 52.5 Å². The van der Waals surface area contributed by atoms with Crippen LogP contribution in [0.2, 0.25) is 0 Å². The van der Waals surface area contributed by atoms with Gasteiger partial charge in [-0.25, -0.2) is 0 Å². The van der Waals surface area contributed by atoms with Gasteiger partial charge in [-0.05, 0) is 36.4 Å². The molecule has 0 aliphatic rings. The summed E-state index contributed by atoms with van der Waals surface area (Å²) in [6, 6.07) is 10.8. The molecule has 0 heterocycles. The van der Waals surface area contributed by atoms with E-state index in [1.165, 1.54) is 6.08 Å². The van der Waals surface area contributed by atoms with Gasteiger partial charge in [0, 0.05) is 27.9 Å². The Balaban J connectivity index is 2.12. The van der Waals surface area contributed by atoms with Gasteiger partial charge >= 0.3 is 0 Å². The van der Waals surface area contributed by atoms with Crippen LogP contribution in [0.3, 0.4) is 0 Å². The first-order valence-corrected chi connectivity index (χ1v) is 7.91. The topological polar surface area (TPSA) is 56.8 Å². The van der Waals surface area contributed by atoms with E-state index in [4.69, 9.17) is 14.2 Å². The summed E-state index contributed by atoms with van der Waals surface area (Å²) in [4.78, 5) is 12.1. The smallest absolute Gasteiger partial charge is 0.248 e. The van der Waals surface area contributed by atoms with E-state index in [2.05, 4.69) is 21.2 Å². The van der Waals surface area contributed by atoms with E-state index in [9.17, 15) is 4.79 Å². The second kappa shape index (κ2) is 8.40. The molecule has 2 rings (SSSR count). The number of rotatable bonds is 6. The SMILES string of the molecule is COc1ccc(Br)cc1/C=C/C(=O)Nc1ccc(OC)c(OC)c1. The first-order chi connectivity index (χ1) is 11.6. The number of nitrogens with one attached hydrogen (secondary N) is 1. The summed E-state index contributed by atoms with van der Waals surface area (Å²) in [5.74, 6) is 1.58. The molecule has 0 aliphatic heterocycles. The normalized spacial score (nSPS) is 10.5. The number of carbonyl (C=O) groups is 1. The summed E-state index contributed by atoms with van der Waals surface area (Å²) in [6.45, 7) is 0. The molecule has 0 unspecified atom stereocenters. The third-order valence-corrected chi connectivity index (χ3v) is 3.75. The average molecular weight is 392 g/mol. The minimum atomic E-state index is -0.260. The van der Waals surface area contributed by atoms with E-state index < -0.39 is 0 Å². The number of amides is 1. The maximum absolute atomic E-state index is 12.1. The van der Waals surface area contributed by atoms with E-state index in [0.717, 1.165) is 10.0 Å². The number of ether oxygens (including phenoxy) is 3. The van der Waals surface area contributed by atoms with E-state index in [1.807, 2.05) is 18.2 Å². The van der Waals surface area contributed by atoms with Crippen LogP contribution in [0.5, 0.6) is 17.2 Å². The fraction of sp³-hybridized carbons (Fsp3) is 0.167. The van der Waals surface area contributed by atoms with Gasteiger partial charge in [-0.2, -0.15) is 0 Å². The molecule has 0 bridgehead atoms. The molecule has 0 aliphatic carbocycles. The van der Waals surface area contributed by atoms with Crippen LogP contribution in [0, 0.1) is 0 Å². The van der Waals surface area contributed by atoms with Crippen molar-refractivity contribution in [3.63, 3.8) is 0 Å². The Morgan fingerprint density at radius 3 is 2.29 bits per heavy atom. The first kappa shape index (κ1) is 17.9. The zero-order valence-electron chi connectivity index (χ0n) is 13.6. The predicted molar refractivity (Wildman–Crippen MR) is 97.9 cm³/mol. The number of hydrogen-bond acceptors (Lipinski definition) is 4. The van der Waals surface area contributed by atoms with Crippen LogP contribution in [0.1, 0.15) is 5.56 Å². The fourth-order valence-electron chi connectivity index (χ4n) is 2.10. The van der Waals surface area contributed by atoms with Gasteiger partial charge in [0.1, 0.15) is 5.75 Å². The molecule has 0 fully saturated rings. The fourth-order valence-corrected chi connectivity index (χ4v) is 2.48. The number of methoxy groups -OCH3 is 3. The molecule has 1 N–H and O–H groups in total.